The van der Waals surface area contributed by atoms with Crippen LogP contribution in [0.25, 0.3) is 0 Å². The smallest absolute Gasteiger partial charge is 0.165 e. The molecule has 7 heteroatoms. The SMILES string of the molecule is CC1(C)C(N)=NC(CF)(c2ccccc2F)CS1(=O)=O. The lowest BCUT2D eigenvalue weighted by Gasteiger charge is -2.38. The van der Waals surface area contributed by atoms with Crippen LogP contribution >= 0.6 is 0 Å². The van der Waals surface area contributed by atoms with Gasteiger partial charge in [0.25, 0.3) is 0 Å². The normalized spacial score (nSPS) is 27.9. The third-order valence-corrected chi connectivity index (χ3v) is 6.38. The summed E-state index contributed by atoms with van der Waals surface area (Å²) in [6.07, 6.45) is 0. The van der Waals surface area contributed by atoms with Crippen molar-refractivity contribution in [1.82, 2.24) is 0 Å². The van der Waals surface area contributed by atoms with E-state index in [1.54, 1.807) is 0 Å². The van der Waals surface area contributed by atoms with Gasteiger partial charge < -0.3 is 5.73 Å². The first-order chi connectivity index (χ1) is 9.16. The Morgan fingerprint density at radius 2 is 1.95 bits per heavy atom. The zero-order chi connectivity index (χ0) is 15.2. The number of amidine groups is 1. The highest BCUT2D eigenvalue weighted by atomic mass is 32.2. The molecule has 1 aliphatic rings. The Kier molecular flexibility index (Phi) is 3.36. The Morgan fingerprint density at radius 3 is 2.45 bits per heavy atom. The maximum atomic E-state index is 13.9. The quantitative estimate of drug-likeness (QED) is 0.901. The van der Waals surface area contributed by atoms with Crippen molar-refractivity contribution in [3.63, 3.8) is 0 Å². The largest absolute Gasteiger partial charge is 0.386 e. The molecule has 0 spiro atoms. The zero-order valence-electron chi connectivity index (χ0n) is 11.2. The van der Waals surface area contributed by atoms with Crippen LogP contribution < -0.4 is 5.73 Å². The van der Waals surface area contributed by atoms with Crippen LogP contribution in [0, 0.1) is 5.82 Å². The topological polar surface area (TPSA) is 72.5 Å². The third kappa shape index (κ3) is 2.00. The van der Waals surface area contributed by atoms with E-state index in [1.165, 1.54) is 32.0 Å². The van der Waals surface area contributed by atoms with Crippen LogP contribution in [0.4, 0.5) is 8.78 Å². The maximum absolute atomic E-state index is 13.9. The van der Waals surface area contributed by atoms with Crippen molar-refractivity contribution in [2.75, 3.05) is 12.4 Å². The number of sulfone groups is 1. The third-order valence-electron chi connectivity index (χ3n) is 3.75. The van der Waals surface area contributed by atoms with E-state index >= 15 is 0 Å². The summed E-state index contributed by atoms with van der Waals surface area (Å²) < 4.78 is 50.7. The summed E-state index contributed by atoms with van der Waals surface area (Å²) in [4.78, 5) is 4.01. The summed E-state index contributed by atoms with van der Waals surface area (Å²) in [5.41, 5.74) is 3.81. The Bertz CT molecular complexity index is 671. The van der Waals surface area contributed by atoms with Gasteiger partial charge in [0, 0.05) is 5.56 Å². The van der Waals surface area contributed by atoms with E-state index in [4.69, 9.17) is 5.73 Å². The molecule has 1 aromatic carbocycles. The van der Waals surface area contributed by atoms with Crippen LogP contribution in [0.2, 0.25) is 0 Å². The molecule has 1 unspecified atom stereocenters. The van der Waals surface area contributed by atoms with Crippen molar-refractivity contribution in [3.8, 4) is 0 Å². The summed E-state index contributed by atoms with van der Waals surface area (Å²) in [6.45, 7) is 1.68. The molecular weight excluding hydrogens is 286 g/mol. The monoisotopic (exact) mass is 302 g/mol. The van der Waals surface area contributed by atoms with E-state index in [2.05, 4.69) is 4.99 Å². The fraction of sp³-hybridized carbons (Fsp3) is 0.462. The lowest BCUT2D eigenvalue weighted by atomic mass is 9.92. The van der Waals surface area contributed by atoms with Gasteiger partial charge in [0.2, 0.25) is 0 Å². The molecule has 110 valence electrons. The van der Waals surface area contributed by atoms with Crippen LogP contribution in [0.1, 0.15) is 19.4 Å². The summed E-state index contributed by atoms with van der Waals surface area (Å²) in [5.74, 6) is -1.51. The first kappa shape index (κ1) is 14.9. The minimum absolute atomic E-state index is 0.0930. The van der Waals surface area contributed by atoms with Gasteiger partial charge in [0.05, 0.1) is 5.75 Å². The lowest BCUT2D eigenvalue weighted by molar-refractivity contribution is 0.324. The molecule has 0 radical (unpaired) electrons. The van der Waals surface area contributed by atoms with Crippen LogP contribution in [0.15, 0.2) is 29.3 Å². The second-order valence-electron chi connectivity index (χ2n) is 5.41. The molecule has 0 bridgehead atoms. The molecule has 0 amide bonds. The van der Waals surface area contributed by atoms with Crippen LogP contribution in [-0.4, -0.2) is 31.4 Å². The van der Waals surface area contributed by atoms with E-state index in [1.807, 2.05) is 0 Å². The van der Waals surface area contributed by atoms with Gasteiger partial charge in [-0.3, -0.25) is 4.99 Å². The molecule has 20 heavy (non-hydrogen) atoms. The fourth-order valence-electron chi connectivity index (χ4n) is 2.17. The van der Waals surface area contributed by atoms with Crippen molar-refractivity contribution >= 4 is 15.7 Å². The van der Waals surface area contributed by atoms with E-state index in [0.29, 0.717) is 0 Å². The first-order valence-corrected chi connectivity index (χ1v) is 7.70. The number of rotatable bonds is 2. The number of alkyl halides is 1. The number of hydrogen-bond acceptors (Lipinski definition) is 4. The van der Waals surface area contributed by atoms with Crippen LogP contribution in [-0.2, 0) is 15.4 Å². The van der Waals surface area contributed by atoms with Crippen LogP contribution in [0.5, 0.6) is 0 Å². The standard InChI is InChI=1S/C13H16F2N2O2S/c1-12(2)11(16)17-13(7-14,8-20(12,18)19)9-5-3-4-6-10(9)15/h3-6H,7-8H2,1-2H3,(H2,16,17). The number of halogens is 2. The van der Waals surface area contributed by atoms with Crippen molar-refractivity contribution < 1.29 is 17.2 Å². The van der Waals surface area contributed by atoms with E-state index < -0.39 is 38.4 Å². The van der Waals surface area contributed by atoms with Gasteiger partial charge in [0.1, 0.15) is 28.6 Å². The number of hydrogen-bond donors (Lipinski definition) is 1. The minimum Gasteiger partial charge on any atom is -0.386 e. The molecule has 0 saturated heterocycles. The number of aliphatic imine (C=N–C) groups is 1. The highest BCUT2D eigenvalue weighted by Gasteiger charge is 2.51. The van der Waals surface area contributed by atoms with E-state index in [0.717, 1.165) is 6.07 Å². The molecule has 1 heterocycles. The minimum atomic E-state index is -3.76. The highest BCUT2D eigenvalue weighted by molar-refractivity contribution is 7.93. The van der Waals surface area contributed by atoms with Crippen molar-refractivity contribution in [3.05, 3.63) is 35.6 Å². The van der Waals surface area contributed by atoms with E-state index in [-0.39, 0.29) is 11.4 Å². The average Bonchev–Trinajstić information content (AvgIpc) is 2.36. The Labute approximate surface area is 116 Å². The van der Waals surface area contributed by atoms with Crippen LogP contribution in [0.3, 0.4) is 0 Å². The summed E-state index contributed by atoms with van der Waals surface area (Å²) in [5, 5.41) is 0. The molecule has 4 nitrogen and oxygen atoms in total. The summed E-state index contributed by atoms with van der Waals surface area (Å²) in [7, 11) is -3.76. The second kappa shape index (κ2) is 4.51. The average molecular weight is 302 g/mol. The van der Waals surface area contributed by atoms with Gasteiger partial charge in [-0.15, -0.1) is 0 Å². The molecule has 0 fully saturated rings. The predicted octanol–water partition coefficient (Wildman–Crippen LogP) is 1.55. The van der Waals surface area contributed by atoms with Crippen molar-refractivity contribution in [1.29, 1.82) is 0 Å². The molecule has 1 aliphatic heterocycles. The second-order valence-corrected chi connectivity index (χ2v) is 7.95. The van der Waals surface area contributed by atoms with Gasteiger partial charge >= 0.3 is 0 Å². The fourth-order valence-corrected chi connectivity index (χ4v) is 3.82. The zero-order valence-corrected chi connectivity index (χ0v) is 12.0. The van der Waals surface area contributed by atoms with E-state index in [9.17, 15) is 17.2 Å². The summed E-state index contributed by atoms with van der Waals surface area (Å²) in [6, 6.07) is 5.43. The molecule has 2 N–H and O–H groups in total. The first-order valence-electron chi connectivity index (χ1n) is 6.05. The van der Waals surface area contributed by atoms with Crippen molar-refractivity contribution in [2.24, 2.45) is 10.7 Å². The Hall–Kier alpha value is -1.50. The van der Waals surface area contributed by atoms with Gasteiger partial charge in [-0.1, -0.05) is 18.2 Å². The molecule has 0 aromatic heterocycles. The Balaban J connectivity index is 2.72. The lowest BCUT2D eigenvalue weighted by Crippen LogP contribution is -2.56. The molecule has 1 atom stereocenters. The molecular formula is C13H16F2N2O2S. The predicted molar refractivity (Wildman–Crippen MR) is 73.5 cm³/mol. The van der Waals surface area contributed by atoms with Gasteiger partial charge in [0.15, 0.2) is 9.84 Å². The van der Waals surface area contributed by atoms with Gasteiger partial charge in [-0.05, 0) is 19.9 Å². The molecule has 0 saturated carbocycles. The van der Waals surface area contributed by atoms with Gasteiger partial charge in [-0.25, -0.2) is 17.2 Å². The van der Waals surface area contributed by atoms with Crippen molar-refractivity contribution in [2.45, 2.75) is 24.1 Å². The van der Waals surface area contributed by atoms with Gasteiger partial charge in [-0.2, -0.15) is 0 Å². The number of nitrogens with two attached hydrogens (primary N) is 1. The maximum Gasteiger partial charge on any atom is 0.165 e. The molecule has 0 aliphatic carbocycles. The molecule has 1 aromatic rings. The summed E-state index contributed by atoms with van der Waals surface area (Å²) >= 11 is 0. The Morgan fingerprint density at radius 1 is 1.35 bits per heavy atom. The molecule has 2 rings (SSSR count). The highest BCUT2D eigenvalue weighted by Crippen LogP contribution is 2.38. The number of benzene rings is 1. The number of nitrogens with zero attached hydrogens (tertiary/aromatic N) is 1.